The van der Waals surface area contributed by atoms with E-state index in [2.05, 4.69) is 164 Å². The number of aromatic amines is 4. The number of carbonyl (C=O) groups excluding carboxylic acids is 2. The van der Waals surface area contributed by atoms with Crippen LogP contribution in [0, 0.1) is 13.8 Å². The standard InChI is InChI=1S/C28H28ClN3S.C26H24ClN3O2.C23H26ClN3O2.C23H22N4O/c1-17(2)19-6-8-20(9-7-19)27-26-23(24-16-21(29)10-13-25(24)31-26)14-15-32(27)28(33)30-22-11-4-18(3)5-12-22;1-29(19-6-4-3-5-7-19)26(31)30-15-14-21-22-16-18(27)10-13-23(22)28-24(21)25(30)17-8-11-20(32-2)12-9-17;1-4-26(5-2)23(28)27-13-12-18-19-14-16(24)8-11-20(19)25-21(18)22(27)15-6-9-17(29-3)10-7-15;1-15-4-9-20-19(14-15)18-10-13-27(23-24-11-3-12-25-23)22(21(18)26-20)16-5-7-17(28-2)8-6-16/h4-13,16-17,27,31H,14-15H2,1-3H3,(H,30,33);3-13,16,25,28H,14-15H2,1-2H3;6-11,14,22,25H,4-5,12-13H2,1-3H3;3-9,11-12,14,22,26H,10,13H2,1-2H3. The van der Waals surface area contributed by atoms with Crippen molar-refractivity contribution in [1.29, 1.82) is 0 Å². The minimum absolute atomic E-state index is 0.00610. The monoisotopic (exact) mass is 1700 g/mol. The van der Waals surface area contributed by atoms with Crippen LogP contribution in [0.5, 0.6) is 17.2 Å². The highest BCUT2D eigenvalue weighted by molar-refractivity contribution is 7.80. The van der Waals surface area contributed by atoms with E-state index in [0.717, 1.165) is 138 Å². The topological polar surface area (TPSA) is 182 Å². The van der Waals surface area contributed by atoms with Gasteiger partial charge in [0, 0.05) is 152 Å². The summed E-state index contributed by atoms with van der Waals surface area (Å²) >= 11 is 24.8. The minimum Gasteiger partial charge on any atom is -0.497 e. The summed E-state index contributed by atoms with van der Waals surface area (Å²) in [5, 5.41) is 11.2. The van der Waals surface area contributed by atoms with Crippen molar-refractivity contribution in [2.45, 2.75) is 97.3 Å². The number of hydrogen-bond acceptors (Lipinski definition) is 9. The first kappa shape index (κ1) is 83.4. The molecule has 0 bridgehead atoms. The second-order valence-electron chi connectivity index (χ2n) is 31.7. The van der Waals surface area contributed by atoms with Crippen molar-refractivity contribution in [2.75, 3.05) is 82.8 Å². The average Bonchev–Trinajstić information content (AvgIpc) is 1.58. The molecule has 4 atom stereocenters. The largest absolute Gasteiger partial charge is 0.497 e. The third kappa shape index (κ3) is 17.1. The number of anilines is 3. The van der Waals surface area contributed by atoms with Crippen LogP contribution in [0.15, 0.2) is 243 Å². The van der Waals surface area contributed by atoms with E-state index in [9.17, 15) is 9.59 Å². The Morgan fingerprint density at radius 3 is 1.27 bits per heavy atom. The molecular formula is C100H100Cl3N13O5S. The van der Waals surface area contributed by atoms with Crippen LogP contribution in [0.25, 0.3) is 43.6 Å². The molecule has 122 heavy (non-hydrogen) atoms. The quantitative estimate of drug-likeness (QED) is 0.0693. The van der Waals surface area contributed by atoms with Gasteiger partial charge in [-0.2, -0.15) is 0 Å². The molecule has 5 N–H and O–H groups in total. The second-order valence-corrected chi connectivity index (χ2v) is 33.4. The molecule has 0 saturated carbocycles. The highest BCUT2D eigenvalue weighted by atomic mass is 35.5. The number of para-hydroxylation sites is 1. The number of nitrogens with zero attached hydrogens (tertiary/aromatic N) is 8. The third-order valence-electron chi connectivity index (χ3n) is 24.1. The number of methoxy groups -OCH3 is 3. The van der Waals surface area contributed by atoms with E-state index >= 15 is 0 Å². The summed E-state index contributed by atoms with van der Waals surface area (Å²) in [5.41, 5.74) is 24.3. The Morgan fingerprint density at radius 1 is 0.459 bits per heavy atom. The number of aromatic nitrogens is 6. The van der Waals surface area contributed by atoms with Crippen LogP contribution >= 0.6 is 47.0 Å². The fourth-order valence-corrected chi connectivity index (χ4v) is 18.6. The van der Waals surface area contributed by atoms with Crippen molar-refractivity contribution in [3.8, 4) is 17.2 Å². The average molecular weight is 1700 g/mol. The van der Waals surface area contributed by atoms with Gasteiger partial charge in [0.25, 0.3) is 0 Å². The van der Waals surface area contributed by atoms with Gasteiger partial charge in [-0.05, 0) is 255 Å². The van der Waals surface area contributed by atoms with Gasteiger partial charge in [0.15, 0.2) is 5.11 Å². The van der Waals surface area contributed by atoms with Crippen LogP contribution in [0.3, 0.4) is 0 Å². The van der Waals surface area contributed by atoms with Crippen molar-refractivity contribution in [2.24, 2.45) is 0 Å². The molecule has 10 aromatic carbocycles. The molecule has 0 fully saturated rings. The van der Waals surface area contributed by atoms with Crippen LogP contribution in [0.2, 0.25) is 15.1 Å². The van der Waals surface area contributed by atoms with Crippen molar-refractivity contribution < 1.29 is 23.8 Å². The maximum atomic E-state index is 13.7. The van der Waals surface area contributed by atoms with Gasteiger partial charge in [0.05, 0.1) is 45.5 Å². The Morgan fingerprint density at radius 2 is 0.836 bits per heavy atom. The first-order chi connectivity index (χ1) is 59.3. The van der Waals surface area contributed by atoms with Gasteiger partial charge in [0.1, 0.15) is 17.2 Å². The molecule has 15 aromatic rings. The minimum atomic E-state index is -0.241. The predicted octanol–water partition coefficient (Wildman–Crippen LogP) is 23.3. The number of benzene rings is 10. The van der Waals surface area contributed by atoms with Gasteiger partial charge in [-0.15, -0.1) is 0 Å². The zero-order chi connectivity index (χ0) is 85.0. The lowest BCUT2D eigenvalue weighted by atomic mass is 9.91. The van der Waals surface area contributed by atoms with Crippen molar-refractivity contribution in [3.05, 3.63) is 342 Å². The fraction of sp³-hybridized carbons (Fsp3) is 0.250. The Kier molecular flexibility index (Phi) is 25.0. The number of amides is 4. The summed E-state index contributed by atoms with van der Waals surface area (Å²) in [6, 6.07) is 77.3. The van der Waals surface area contributed by atoms with E-state index in [1.54, 1.807) is 38.6 Å². The van der Waals surface area contributed by atoms with Gasteiger partial charge in [-0.25, -0.2) is 19.6 Å². The van der Waals surface area contributed by atoms with Crippen LogP contribution < -0.4 is 29.3 Å². The molecule has 622 valence electrons. The summed E-state index contributed by atoms with van der Waals surface area (Å²) in [6.07, 6.45) is 7.04. The number of thiocarbonyl (C=S) groups is 1. The molecule has 4 aliphatic rings. The SMILES string of the molecule is CCN(CC)C(=O)N1CCc2c([nH]c3ccc(Cl)cc23)C1c1ccc(OC)cc1.COc1ccc(C2c3[nH]c4ccc(C)cc4c3CCN2c2ncccn2)cc1.COc1ccc(C2c3[nH]c4ccc(Cl)cc4c3CCN2C(=O)N(C)c2ccccc2)cc1.Cc1ccc(NC(=S)N2CCc3c([nH]c4ccc(Cl)cc34)C2c2ccc(C(C)C)cc2)cc1. The maximum Gasteiger partial charge on any atom is 0.325 e. The van der Waals surface area contributed by atoms with Gasteiger partial charge in [0.2, 0.25) is 5.95 Å². The zero-order valence-corrected chi connectivity index (χ0v) is 73.3. The summed E-state index contributed by atoms with van der Waals surface area (Å²) in [5.74, 6) is 3.69. The smallest absolute Gasteiger partial charge is 0.325 e. The Bertz CT molecular complexity index is 6240. The number of urea groups is 2. The first-order valence-corrected chi connectivity index (χ1v) is 43.2. The molecule has 4 aliphatic heterocycles. The lowest BCUT2D eigenvalue weighted by molar-refractivity contribution is 0.140. The van der Waals surface area contributed by atoms with Crippen LogP contribution in [-0.4, -0.2) is 134 Å². The van der Waals surface area contributed by atoms with Crippen LogP contribution in [0.4, 0.5) is 26.9 Å². The molecule has 0 saturated heterocycles. The summed E-state index contributed by atoms with van der Waals surface area (Å²) in [4.78, 5) is 62.7. The molecule has 0 spiro atoms. The summed E-state index contributed by atoms with van der Waals surface area (Å²) < 4.78 is 16.0. The highest BCUT2D eigenvalue weighted by Gasteiger charge is 2.40. The number of carbonyl (C=O) groups is 2. The summed E-state index contributed by atoms with van der Waals surface area (Å²) in [6.45, 7) is 17.1. The number of fused-ring (bicyclic) bond motifs is 12. The van der Waals surface area contributed by atoms with E-state index in [-0.39, 0.29) is 36.2 Å². The predicted molar refractivity (Wildman–Crippen MR) is 500 cm³/mol. The molecule has 18 nitrogen and oxygen atoms in total. The zero-order valence-electron chi connectivity index (χ0n) is 70.2. The molecular weight excluding hydrogens is 1600 g/mol. The van der Waals surface area contributed by atoms with Crippen LogP contribution in [0.1, 0.15) is 142 Å². The van der Waals surface area contributed by atoms with E-state index in [1.165, 1.54) is 77.7 Å². The number of halogens is 3. The highest BCUT2D eigenvalue weighted by Crippen LogP contribution is 2.46. The van der Waals surface area contributed by atoms with E-state index in [0.29, 0.717) is 37.1 Å². The molecule has 4 amide bonds. The molecule has 0 radical (unpaired) electrons. The number of nitrogens with one attached hydrogen (secondary N) is 5. The van der Waals surface area contributed by atoms with Crippen LogP contribution in [-0.2, 0) is 25.7 Å². The summed E-state index contributed by atoms with van der Waals surface area (Å²) in [7, 11) is 6.83. The Hall–Kier alpha value is -12.3. The van der Waals surface area contributed by atoms with Gasteiger partial charge in [-0.3, -0.25) is 4.90 Å². The Balaban J connectivity index is 0.000000121. The van der Waals surface area contributed by atoms with E-state index in [1.807, 2.05) is 175 Å². The van der Waals surface area contributed by atoms with Gasteiger partial charge in [-0.1, -0.05) is 157 Å². The molecule has 22 heteroatoms. The normalized spacial score (nSPS) is 15.8. The molecule has 9 heterocycles. The molecule has 5 aromatic heterocycles. The lowest BCUT2D eigenvalue weighted by Gasteiger charge is -2.39. The maximum absolute atomic E-state index is 13.7. The van der Waals surface area contributed by atoms with Gasteiger partial charge < -0.3 is 64.0 Å². The van der Waals surface area contributed by atoms with Crippen molar-refractivity contribution in [1.82, 2.24) is 49.5 Å². The van der Waals surface area contributed by atoms with Crippen molar-refractivity contribution >= 4 is 125 Å². The second kappa shape index (κ2) is 36.6. The Labute approximate surface area is 732 Å². The molecule has 19 rings (SSSR count). The van der Waals surface area contributed by atoms with E-state index < -0.39 is 0 Å². The lowest BCUT2D eigenvalue weighted by Crippen LogP contribution is -2.47. The molecule has 4 unspecified atom stereocenters. The number of ether oxygens (including phenoxy) is 3. The van der Waals surface area contributed by atoms with Gasteiger partial charge >= 0.3 is 12.1 Å². The van der Waals surface area contributed by atoms with E-state index in [4.69, 9.17) is 61.2 Å². The number of H-pyrrole nitrogens is 4. The third-order valence-corrected chi connectivity index (χ3v) is 25.1. The molecule has 0 aliphatic carbocycles. The first-order valence-electron chi connectivity index (χ1n) is 41.6. The number of aryl methyl sites for hydroxylation is 2. The van der Waals surface area contributed by atoms with Crippen molar-refractivity contribution in [3.63, 3.8) is 0 Å². The number of hydrogen-bond donors (Lipinski definition) is 5. The number of rotatable bonds is 13. The fourth-order valence-electron chi connectivity index (χ4n) is 17.7.